The monoisotopic (exact) mass is 326 g/mol. The van der Waals surface area contributed by atoms with Gasteiger partial charge in [-0.2, -0.15) is 0 Å². The van der Waals surface area contributed by atoms with E-state index in [-0.39, 0.29) is 17.9 Å². The third kappa shape index (κ3) is 5.10. The highest BCUT2D eigenvalue weighted by Gasteiger charge is 2.14. The first-order valence-electron chi connectivity index (χ1n) is 8.28. The molecule has 2 unspecified atom stereocenters. The van der Waals surface area contributed by atoms with E-state index in [2.05, 4.69) is 30.4 Å². The van der Waals surface area contributed by atoms with Gasteiger partial charge >= 0.3 is 0 Å². The second-order valence-electron chi connectivity index (χ2n) is 6.21. The number of carbonyl (C=O) groups is 1. The van der Waals surface area contributed by atoms with Crippen LogP contribution < -0.4 is 15.8 Å². The Morgan fingerprint density at radius 3 is 2.50 bits per heavy atom. The van der Waals surface area contributed by atoms with Crippen LogP contribution in [0.1, 0.15) is 36.6 Å². The zero-order valence-corrected chi connectivity index (χ0v) is 14.6. The van der Waals surface area contributed by atoms with Gasteiger partial charge in [-0.3, -0.25) is 4.79 Å². The maximum Gasteiger partial charge on any atom is 0.224 e. The van der Waals surface area contributed by atoms with Crippen molar-refractivity contribution in [1.82, 2.24) is 5.32 Å². The molecule has 0 aliphatic carbocycles. The van der Waals surface area contributed by atoms with E-state index in [1.807, 2.05) is 44.2 Å². The van der Waals surface area contributed by atoms with Crippen molar-refractivity contribution in [1.29, 1.82) is 0 Å². The number of carbonyl (C=O) groups excluding carboxylic acids is 1. The molecule has 0 aliphatic heterocycles. The number of ether oxygens (including phenoxy) is 1. The molecule has 3 N–H and O–H groups in total. The van der Waals surface area contributed by atoms with Crippen LogP contribution in [0.2, 0.25) is 0 Å². The van der Waals surface area contributed by atoms with Crippen molar-refractivity contribution in [2.24, 2.45) is 11.7 Å². The summed E-state index contributed by atoms with van der Waals surface area (Å²) in [7, 11) is 0. The van der Waals surface area contributed by atoms with Crippen LogP contribution in [0, 0.1) is 12.8 Å². The lowest BCUT2D eigenvalue weighted by atomic mass is 10.1. The molecular weight excluding hydrogens is 300 g/mol. The Morgan fingerprint density at radius 1 is 1.17 bits per heavy atom. The van der Waals surface area contributed by atoms with Gasteiger partial charge in [-0.05, 0) is 37.1 Å². The van der Waals surface area contributed by atoms with Gasteiger partial charge in [0.05, 0.1) is 6.04 Å². The van der Waals surface area contributed by atoms with Gasteiger partial charge in [0.1, 0.15) is 12.4 Å². The van der Waals surface area contributed by atoms with Gasteiger partial charge in [-0.15, -0.1) is 0 Å². The number of amides is 1. The van der Waals surface area contributed by atoms with Gasteiger partial charge < -0.3 is 15.8 Å². The van der Waals surface area contributed by atoms with Crippen LogP contribution in [0.25, 0.3) is 0 Å². The maximum atomic E-state index is 11.9. The molecule has 0 radical (unpaired) electrons. The fraction of sp³-hybridized carbons (Fsp3) is 0.350. The van der Waals surface area contributed by atoms with Crippen molar-refractivity contribution in [2.75, 3.05) is 6.54 Å². The predicted octanol–water partition coefficient (Wildman–Crippen LogP) is 3.35. The van der Waals surface area contributed by atoms with Crippen molar-refractivity contribution in [2.45, 2.75) is 33.4 Å². The van der Waals surface area contributed by atoms with Gasteiger partial charge in [-0.25, -0.2) is 0 Å². The van der Waals surface area contributed by atoms with Gasteiger partial charge in [0.25, 0.3) is 0 Å². The average molecular weight is 326 g/mol. The lowest BCUT2D eigenvalue weighted by Crippen LogP contribution is -2.34. The van der Waals surface area contributed by atoms with Crippen molar-refractivity contribution in [3.63, 3.8) is 0 Å². The summed E-state index contributed by atoms with van der Waals surface area (Å²) in [6, 6.07) is 16.0. The van der Waals surface area contributed by atoms with E-state index in [0.29, 0.717) is 13.2 Å². The molecule has 0 aromatic heterocycles. The Kier molecular flexibility index (Phi) is 6.38. The largest absolute Gasteiger partial charge is 0.489 e. The summed E-state index contributed by atoms with van der Waals surface area (Å²) in [6.07, 6.45) is 0. The molecule has 0 saturated heterocycles. The lowest BCUT2D eigenvalue weighted by molar-refractivity contribution is -0.124. The SMILES string of the molecule is Cc1cccc(COc2ccc(C(C)NC(=O)C(C)CN)cc2)c1. The molecule has 4 heteroatoms. The Labute approximate surface area is 144 Å². The highest BCUT2D eigenvalue weighted by Crippen LogP contribution is 2.19. The van der Waals surface area contributed by atoms with Crippen LogP contribution in [0.5, 0.6) is 5.75 Å². The Balaban J connectivity index is 1.91. The van der Waals surface area contributed by atoms with Crippen LogP contribution in [0.4, 0.5) is 0 Å². The molecule has 0 aliphatic rings. The number of nitrogens with two attached hydrogens (primary N) is 1. The number of hydrogen-bond acceptors (Lipinski definition) is 3. The molecule has 2 atom stereocenters. The van der Waals surface area contributed by atoms with Gasteiger partial charge in [0.15, 0.2) is 0 Å². The highest BCUT2D eigenvalue weighted by molar-refractivity contribution is 5.78. The molecule has 128 valence electrons. The normalized spacial score (nSPS) is 13.2. The fourth-order valence-electron chi connectivity index (χ4n) is 2.37. The Bertz CT molecular complexity index is 668. The van der Waals surface area contributed by atoms with Crippen LogP contribution in [-0.4, -0.2) is 12.5 Å². The molecular formula is C20H26N2O2. The summed E-state index contributed by atoms with van der Waals surface area (Å²) in [5, 5.41) is 2.97. The van der Waals surface area contributed by atoms with E-state index < -0.39 is 0 Å². The molecule has 2 aromatic carbocycles. The molecule has 0 spiro atoms. The van der Waals surface area contributed by atoms with Gasteiger partial charge in [0, 0.05) is 12.5 Å². The van der Waals surface area contributed by atoms with Crippen LogP contribution in [-0.2, 0) is 11.4 Å². The lowest BCUT2D eigenvalue weighted by Gasteiger charge is -2.17. The highest BCUT2D eigenvalue weighted by atomic mass is 16.5. The van der Waals surface area contributed by atoms with Crippen molar-refractivity contribution >= 4 is 5.91 Å². The molecule has 0 heterocycles. The minimum Gasteiger partial charge on any atom is -0.489 e. The van der Waals surface area contributed by atoms with E-state index in [1.165, 1.54) is 5.56 Å². The third-order valence-corrected chi connectivity index (χ3v) is 4.03. The van der Waals surface area contributed by atoms with Crippen LogP contribution >= 0.6 is 0 Å². The molecule has 2 aromatic rings. The Hall–Kier alpha value is -2.33. The zero-order valence-electron chi connectivity index (χ0n) is 14.6. The average Bonchev–Trinajstić information content (AvgIpc) is 2.59. The first-order chi connectivity index (χ1) is 11.5. The van der Waals surface area contributed by atoms with E-state index >= 15 is 0 Å². The first kappa shape index (κ1) is 18.0. The van der Waals surface area contributed by atoms with Gasteiger partial charge in [-0.1, -0.05) is 48.9 Å². The number of aryl methyl sites for hydroxylation is 1. The summed E-state index contributed by atoms with van der Waals surface area (Å²) < 4.78 is 5.81. The summed E-state index contributed by atoms with van der Waals surface area (Å²) >= 11 is 0. The zero-order chi connectivity index (χ0) is 17.5. The third-order valence-electron chi connectivity index (χ3n) is 4.03. The molecule has 0 bridgehead atoms. The van der Waals surface area contributed by atoms with E-state index in [4.69, 9.17) is 10.5 Å². The predicted molar refractivity (Wildman–Crippen MR) is 96.7 cm³/mol. The second kappa shape index (κ2) is 8.50. The summed E-state index contributed by atoms with van der Waals surface area (Å²) in [5.74, 6) is 0.614. The summed E-state index contributed by atoms with van der Waals surface area (Å²) in [6.45, 7) is 6.75. The molecule has 2 rings (SSSR count). The van der Waals surface area contributed by atoms with Crippen molar-refractivity contribution in [3.05, 3.63) is 65.2 Å². The van der Waals surface area contributed by atoms with E-state index in [0.717, 1.165) is 16.9 Å². The smallest absolute Gasteiger partial charge is 0.224 e. The van der Waals surface area contributed by atoms with Crippen molar-refractivity contribution in [3.8, 4) is 5.75 Å². The topological polar surface area (TPSA) is 64.3 Å². The standard InChI is InChI=1S/C20H26N2O2/c1-14-5-4-6-17(11-14)13-24-19-9-7-18(8-10-19)16(3)22-20(23)15(2)12-21/h4-11,15-16H,12-13,21H2,1-3H3,(H,22,23). The molecule has 24 heavy (non-hydrogen) atoms. The van der Waals surface area contributed by atoms with Crippen LogP contribution in [0.15, 0.2) is 48.5 Å². The van der Waals surface area contributed by atoms with E-state index in [9.17, 15) is 4.79 Å². The summed E-state index contributed by atoms with van der Waals surface area (Å²) in [5.41, 5.74) is 8.93. The molecule has 0 fully saturated rings. The van der Waals surface area contributed by atoms with E-state index in [1.54, 1.807) is 0 Å². The maximum absolute atomic E-state index is 11.9. The quantitative estimate of drug-likeness (QED) is 0.820. The van der Waals surface area contributed by atoms with Crippen molar-refractivity contribution < 1.29 is 9.53 Å². The first-order valence-corrected chi connectivity index (χ1v) is 8.28. The number of nitrogens with one attached hydrogen (secondary N) is 1. The molecule has 1 amide bonds. The van der Waals surface area contributed by atoms with Gasteiger partial charge in [0.2, 0.25) is 5.91 Å². The minimum atomic E-state index is -0.176. The fourth-order valence-corrected chi connectivity index (χ4v) is 2.37. The second-order valence-corrected chi connectivity index (χ2v) is 6.21. The molecule has 0 saturated carbocycles. The molecule has 4 nitrogen and oxygen atoms in total. The number of benzene rings is 2. The Morgan fingerprint density at radius 2 is 1.88 bits per heavy atom. The number of rotatable bonds is 7. The summed E-state index contributed by atoms with van der Waals surface area (Å²) in [4.78, 5) is 11.9. The van der Waals surface area contributed by atoms with Crippen LogP contribution in [0.3, 0.4) is 0 Å². The minimum absolute atomic E-state index is 0.0234. The number of hydrogen-bond donors (Lipinski definition) is 2.